The minimum atomic E-state index is -0.501. The van der Waals surface area contributed by atoms with Gasteiger partial charge in [0.1, 0.15) is 5.75 Å². The Bertz CT molecular complexity index is 796. The monoisotopic (exact) mass is 387 g/mol. The van der Waals surface area contributed by atoms with Crippen molar-refractivity contribution in [2.75, 3.05) is 51.9 Å². The molecule has 2 unspecified atom stereocenters. The van der Waals surface area contributed by atoms with Crippen LogP contribution < -0.4 is 9.64 Å². The Balaban J connectivity index is 1.57. The lowest BCUT2D eigenvalue weighted by Crippen LogP contribution is -2.65. The van der Waals surface area contributed by atoms with Gasteiger partial charge in [-0.1, -0.05) is 0 Å². The molecule has 0 aromatic heterocycles. The van der Waals surface area contributed by atoms with Crippen LogP contribution >= 0.6 is 0 Å². The molecule has 2 fully saturated rings. The maximum absolute atomic E-state index is 13.1. The number of benzene rings is 1. The lowest BCUT2D eigenvalue weighted by atomic mass is 10.1. The van der Waals surface area contributed by atoms with Gasteiger partial charge in [-0.15, -0.1) is 0 Å². The van der Waals surface area contributed by atoms with E-state index >= 15 is 0 Å². The summed E-state index contributed by atoms with van der Waals surface area (Å²) in [5, 5.41) is 0. The fourth-order valence-electron chi connectivity index (χ4n) is 3.95. The first-order valence-electron chi connectivity index (χ1n) is 9.48. The standard InChI is InChI=1S/C19H25N5O4/c1-4-28-12-11-24-17(25)15-16(21(2)19(24)26)20-18-22(9-10-23(15)18)13-5-7-14(27-3)8-6-13/h5-8,15-16H,4,9-12H2,1-3H3. The van der Waals surface area contributed by atoms with Crippen LogP contribution in [0.1, 0.15) is 6.92 Å². The minimum Gasteiger partial charge on any atom is -0.497 e. The molecular formula is C19H25N5O4. The summed E-state index contributed by atoms with van der Waals surface area (Å²) >= 11 is 0. The Kier molecular flexibility index (Phi) is 4.84. The zero-order valence-electron chi connectivity index (χ0n) is 16.4. The number of ether oxygens (including phenoxy) is 2. The van der Waals surface area contributed by atoms with E-state index in [1.807, 2.05) is 36.1 Å². The van der Waals surface area contributed by atoms with E-state index in [9.17, 15) is 9.59 Å². The number of anilines is 1. The Labute approximate surface area is 164 Å². The van der Waals surface area contributed by atoms with Crippen molar-refractivity contribution in [3.05, 3.63) is 24.3 Å². The third kappa shape index (κ3) is 2.86. The van der Waals surface area contributed by atoms with E-state index in [0.29, 0.717) is 19.8 Å². The maximum atomic E-state index is 13.1. The van der Waals surface area contributed by atoms with Crippen LogP contribution in [0.15, 0.2) is 29.3 Å². The number of methoxy groups -OCH3 is 1. The maximum Gasteiger partial charge on any atom is 0.328 e. The molecule has 4 rings (SSSR count). The summed E-state index contributed by atoms with van der Waals surface area (Å²) in [5.41, 5.74) is 0.982. The average Bonchev–Trinajstić information content (AvgIpc) is 3.28. The van der Waals surface area contributed by atoms with Crippen LogP contribution in [0.2, 0.25) is 0 Å². The molecule has 1 aromatic carbocycles. The number of fused-ring (bicyclic) bond motifs is 3. The Morgan fingerprint density at radius 2 is 1.93 bits per heavy atom. The Morgan fingerprint density at radius 3 is 2.61 bits per heavy atom. The molecule has 150 valence electrons. The lowest BCUT2D eigenvalue weighted by Gasteiger charge is -2.40. The largest absolute Gasteiger partial charge is 0.497 e. The molecule has 0 spiro atoms. The molecule has 9 nitrogen and oxygen atoms in total. The normalized spacial score (nSPS) is 23.9. The van der Waals surface area contributed by atoms with Gasteiger partial charge in [0.2, 0.25) is 5.96 Å². The molecule has 2 atom stereocenters. The van der Waals surface area contributed by atoms with E-state index in [1.165, 1.54) is 4.90 Å². The van der Waals surface area contributed by atoms with E-state index in [0.717, 1.165) is 23.9 Å². The smallest absolute Gasteiger partial charge is 0.328 e. The molecule has 3 amide bonds. The molecule has 3 heterocycles. The van der Waals surface area contributed by atoms with Crippen molar-refractivity contribution in [3.63, 3.8) is 0 Å². The summed E-state index contributed by atoms with van der Waals surface area (Å²) in [6, 6.07) is 6.93. The highest BCUT2D eigenvalue weighted by Crippen LogP contribution is 2.33. The summed E-state index contributed by atoms with van der Waals surface area (Å²) in [4.78, 5) is 37.4. The summed E-state index contributed by atoms with van der Waals surface area (Å²) in [7, 11) is 3.33. The van der Waals surface area contributed by atoms with E-state index < -0.39 is 12.2 Å². The van der Waals surface area contributed by atoms with Crippen LogP contribution in [0.25, 0.3) is 0 Å². The van der Waals surface area contributed by atoms with Crippen molar-refractivity contribution in [1.29, 1.82) is 0 Å². The molecule has 3 aliphatic rings. The summed E-state index contributed by atoms with van der Waals surface area (Å²) in [5.74, 6) is 1.32. The quantitative estimate of drug-likeness (QED) is 0.673. The number of likely N-dealkylation sites (N-methyl/N-ethyl adjacent to an activating group) is 1. The Hall–Kier alpha value is -2.81. The number of urea groups is 1. The van der Waals surface area contributed by atoms with Crippen molar-refractivity contribution in [2.45, 2.75) is 19.1 Å². The molecule has 2 saturated heterocycles. The molecule has 0 saturated carbocycles. The fraction of sp³-hybridized carbons (Fsp3) is 0.526. The van der Waals surface area contributed by atoms with E-state index in [-0.39, 0.29) is 18.5 Å². The Morgan fingerprint density at radius 1 is 1.18 bits per heavy atom. The van der Waals surface area contributed by atoms with Crippen LogP contribution in [-0.2, 0) is 9.53 Å². The van der Waals surface area contributed by atoms with Gasteiger partial charge in [0.25, 0.3) is 5.91 Å². The molecule has 0 N–H and O–H groups in total. The van der Waals surface area contributed by atoms with E-state index in [1.54, 1.807) is 19.1 Å². The first-order chi connectivity index (χ1) is 13.6. The predicted molar refractivity (Wildman–Crippen MR) is 103 cm³/mol. The van der Waals surface area contributed by atoms with Crippen LogP contribution in [0.3, 0.4) is 0 Å². The molecule has 3 aliphatic heterocycles. The highest BCUT2D eigenvalue weighted by Gasteiger charge is 2.54. The van der Waals surface area contributed by atoms with Crippen molar-refractivity contribution >= 4 is 23.6 Å². The zero-order chi connectivity index (χ0) is 19.8. The van der Waals surface area contributed by atoms with Gasteiger partial charge in [0.05, 0.1) is 20.3 Å². The number of guanidine groups is 1. The number of carbonyl (C=O) groups is 2. The third-order valence-corrected chi connectivity index (χ3v) is 5.42. The van der Waals surface area contributed by atoms with Gasteiger partial charge in [0, 0.05) is 32.4 Å². The lowest BCUT2D eigenvalue weighted by molar-refractivity contribution is -0.138. The van der Waals surface area contributed by atoms with Crippen molar-refractivity contribution < 1.29 is 19.1 Å². The van der Waals surface area contributed by atoms with Gasteiger partial charge in [0.15, 0.2) is 12.2 Å². The number of imide groups is 1. The second-order valence-corrected chi connectivity index (χ2v) is 6.91. The van der Waals surface area contributed by atoms with Crippen molar-refractivity contribution in [2.24, 2.45) is 4.99 Å². The number of aliphatic imine (C=N–C) groups is 1. The number of nitrogens with zero attached hydrogens (tertiary/aromatic N) is 5. The SMILES string of the molecule is CCOCCN1C(=O)C2C(N=C3N(c4ccc(OC)cc4)CCN32)N(C)C1=O. The van der Waals surface area contributed by atoms with Gasteiger partial charge in [-0.05, 0) is 31.2 Å². The van der Waals surface area contributed by atoms with Crippen molar-refractivity contribution in [3.8, 4) is 5.75 Å². The van der Waals surface area contributed by atoms with Gasteiger partial charge < -0.3 is 24.2 Å². The van der Waals surface area contributed by atoms with Crippen LogP contribution in [0, 0.1) is 0 Å². The van der Waals surface area contributed by atoms with Gasteiger partial charge in [-0.2, -0.15) is 0 Å². The average molecular weight is 387 g/mol. The van der Waals surface area contributed by atoms with Crippen LogP contribution in [0.5, 0.6) is 5.75 Å². The second-order valence-electron chi connectivity index (χ2n) is 6.91. The van der Waals surface area contributed by atoms with Gasteiger partial charge >= 0.3 is 6.03 Å². The minimum absolute atomic E-state index is 0.205. The fourth-order valence-corrected chi connectivity index (χ4v) is 3.95. The number of hydrogen-bond donors (Lipinski definition) is 0. The van der Waals surface area contributed by atoms with Crippen LogP contribution in [-0.4, -0.2) is 91.8 Å². The molecule has 28 heavy (non-hydrogen) atoms. The molecule has 0 bridgehead atoms. The molecule has 9 heteroatoms. The molecule has 1 aromatic rings. The predicted octanol–water partition coefficient (Wildman–Crippen LogP) is 0.812. The van der Waals surface area contributed by atoms with Gasteiger partial charge in [-0.25, -0.2) is 9.79 Å². The first kappa shape index (κ1) is 18.5. The number of rotatable bonds is 6. The summed E-state index contributed by atoms with van der Waals surface area (Å²) in [6.45, 7) is 4.44. The molecule has 0 radical (unpaired) electrons. The number of carbonyl (C=O) groups excluding carboxylic acids is 2. The summed E-state index contributed by atoms with van der Waals surface area (Å²) in [6.07, 6.45) is -0.501. The van der Waals surface area contributed by atoms with Crippen LogP contribution in [0.4, 0.5) is 10.5 Å². The highest BCUT2D eigenvalue weighted by molar-refractivity contribution is 6.08. The van der Waals surface area contributed by atoms with Crippen molar-refractivity contribution in [1.82, 2.24) is 14.7 Å². The third-order valence-electron chi connectivity index (χ3n) is 5.42. The summed E-state index contributed by atoms with van der Waals surface area (Å²) < 4.78 is 10.6. The zero-order valence-corrected chi connectivity index (χ0v) is 16.4. The molecule has 0 aliphatic carbocycles. The first-order valence-corrected chi connectivity index (χ1v) is 9.48. The van der Waals surface area contributed by atoms with E-state index in [4.69, 9.17) is 14.5 Å². The second kappa shape index (κ2) is 7.31. The van der Waals surface area contributed by atoms with E-state index in [2.05, 4.69) is 4.90 Å². The number of amides is 3. The van der Waals surface area contributed by atoms with Gasteiger partial charge in [-0.3, -0.25) is 9.69 Å². The topological polar surface area (TPSA) is 77.9 Å². The molecular weight excluding hydrogens is 362 g/mol. The highest BCUT2D eigenvalue weighted by atomic mass is 16.5. The number of hydrogen-bond acceptors (Lipinski definition) is 7.